The van der Waals surface area contributed by atoms with Crippen molar-refractivity contribution in [2.45, 2.75) is 46.3 Å². The molecule has 1 aliphatic rings. The molecular formula is C14H28N2O. The van der Waals surface area contributed by atoms with Crippen LogP contribution >= 0.6 is 0 Å². The molecule has 1 aliphatic carbocycles. The second-order valence-electron chi connectivity index (χ2n) is 5.57. The summed E-state index contributed by atoms with van der Waals surface area (Å²) in [7, 11) is 0. The van der Waals surface area contributed by atoms with E-state index in [1.54, 1.807) is 0 Å². The van der Waals surface area contributed by atoms with E-state index in [2.05, 4.69) is 45.2 Å². The number of allylic oxidation sites excluding steroid dienone is 1. The van der Waals surface area contributed by atoms with Gasteiger partial charge in [-0.05, 0) is 32.1 Å². The maximum Gasteiger partial charge on any atom is 0.0765 e. The molecule has 100 valence electrons. The third-order valence-electron chi connectivity index (χ3n) is 3.42. The highest BCUT2D eigenvalue weighted by molar-refractivity contribution is 5.05. The number of hydrogen-bond donors (Lipinski definition) is 2. The minimum atomic E-state index is 0.249. The fourth-order valence-electron chi connectivity index (χ4n) is 2.40. The average Bonchev–Trinajstić information content (AvgIpc) is 2.72. The second kappa shape index (κ2) is 7.14. The molecule has 0 aromatic rings. The van der Waals surface area contributed by atoms with E-state index in [-0.39, 0.29) is 12.2 Å². The van der Waals surface area contributed by atoms with Gasteiger partial charge in [0.05, 0.1) is 12.2 Å². The zero-order valence-electron chi connectivity index (χ0n) is 11.6. The van der Waals surface area contributed by atoms with Gasteiger partial charge in [0.25, 0.3) is 0 Å². The van der Waals surface area contributed by atoms with Gasteiger partial charge in [-0.15, -0.1) is 0 Å². The van der Waals surface area contributed by atoms with Crippen LogP contribution in [0.4, 0.5) is 0 Å². The van der Waals surface area contributed by atoms with Crippen LogP contribution in [0.25, 0.3) is 0 Å². The summed E-state index contributed by atoms with van der Waals surface area (Å²) in [6, 6.07) is 0. The molecule has 17 heavy (non-hydrogen) atoms. The summed E-state index contributed by atoms with van der Waals surface area (Å²) in [5.41, 5.74) is 5.50. The highest BCUT2D eigenvalue weighted by Gasteiger charge is 2.28. The number of hydrogen-bond acceptors (Lipinski definition) is 3. The Morgan fingerprint density at radius 1 is 1.24 bits per heavy atom. The maximum absolute atomic E-state index is 6.00. The van der Waals surface area contributed by atoms with E-state index in [4.69, 9.17) is 10.5 Å². The van der Waals surface area contributed by atoms with Gasteiger partial charge in [0.15, 0.2) is 0 Å². The van der Waals surface area contributed by atoms with Gasteiger partial charge in [0, 0.05) is 19.1 Å². The second-order valence-corrected chi connectivity index (χ2v) is 5.57. The lowest BCUT2D eigenvalue weighted by Crippen LogP contribution is -2.38. The molecular weight excluding hydrogens is 212 g/mol. The zero-order valence-corrected chi connectivity index (χ0v) is 11.6. The molecule has 1 rings (SSSR count). The molecule has 0 bridgehead atoms. The van der Waals surface area contributed by atoms with E-state index in [1.807, 2.05) is 0 Å². The van der Waals surface area contributed by atoms with Crippen LogP contribution < -0.4 is 11.1 Å². The van der Waals surface area contributed by atoms with E-state index in [0.29, 0.717) is 18.5 Å². The van der Waals surface area contributed by atoms with Crippen molar-refractivity contribution in [1.82, 2.24) is 5.32 Å². The van der Waals surface area contributed by atoms with Crippen LogP contribution in [-0.2, 0) is 4.74 Å². The van der Waals surface area contributed by atoms with Crippen molar-refractivity contribution in [1.29, 1.82) is 0 Å². The van der Waals surface area contributed by atoms with Crippen LogP contribution in [0.5, 0.6) is 0 Å². The monoisotopic (exact) mass is 240 g/mol. The molecule has 0 aromatic heterocycles. The molecule has 3 nitrogen and oxygen atoms in total. The van der Waals surface area contributed by atoms with E-state index < -0.39 is 0 Å². The third kappa shape index (κ3) is 4.78. The van der Waals surface area contributed by atoms with E-state index >= 15 is 0 Å². The number of rotatable bonds is 7. The van der Waals surface area contributed by atoms with Crippen molar-refractivity contribution < 1.29 is 4.74 Å². The van der Waals surface area contributed by atoms with E-state index in [1.165, 1.54) is 6.42 Å². The Labute approximate surface area is 106 Å². The maximum atomic E-state index is 6.00. The average molecular weight is 240 g/mol. The van der Waals surface area contributed by atoms with Gasteiger partial charge in [0.1, 0.15) is 0 Å². The first-order valence-electron chi connectivity index (χ1n) is 6.79. The topological polar surface area (TPSA) is 47.3 Å². The standard InChI is InChI=1S/C14H28N2O/c1-10(2)12-5-6-13(7-12)14(8-16-9-15)17-11(3)4/h5-6,10-14,16H,7-9,15H2,1-4H3/t12?,13-,14-/m1/s1. The lowest BCUT2D eigenvalue weighted by molar-refractivity contribution is -0.0164. The Kier molecular flexibility index (Phi) is 6.17. The molecule has 3 N–H and O–H groups in total. The lowest BCUT2D eigenvalue weighted by atomic mass is 9.90. The molecule has 0 amide bonds. The Balaban J connectivity index is 2.50. The first-order chi connectivity index (χ1) is 8.04. The fraction of sp³-hybridized carbons (Fsp3) is 0.857. The molecule has 0 fully saturated rings. The molecule has 3 heteroatoms. The largest absolute Gasteiger partial charge is 0.374 e. The van der Waals surface area contributed by atoms with Crippen molar-refractivity contribution in [3.05, 3.63) is 12.2 Å². The van der Waals surface area contributed by atoms with Crippen LogP contribution in [0, 0.1) is 17.8 Å². The van der Waals surface area contributed by atoms with Crippen molar-refractivity contribution >= 4 is 0 Å². The van der Waals surface area contributed by atoms with Crippen molar-refractivity contribution in [3.63, 3.8) is 0 Å². The summed E-state index contributed by atoms with van der Waals surface area (Å²) >= 11 is 0. The van der Waals surface area contributed by atoms with Gasteiger partial charge < -0.3 is 15.8 Å². The van der Waals surface area contributed by atoms with Crippen LogP contribution in [0.1, 0.15) is 34.1 Å². The molecule has 0 radical (unpaired) electrons. The molecule has 0 saturated heterocycles. The lowest BCUT2D eigenvalue weighted by Gasteiger charge is -2.26. The molecule has 0 saturated carbocycles. The van der Waals surface area contributed by atoms with Gasteiger partial charge >= 0.3 is 0 Å². The van der Waals surface area contributed by atoms with Crippen LogP contribution in [-0.4, -0.2) is 25.4 Å². The third-order valence-corrected chi connectivity index (χ3v) is 3.42. The van der Waals surface area contributed by atoms with Gasteiger partial charge in [0.2, 0.25) is 0 Å². The van der Waals surface area contributed by atoms with Crippen molar-refractivity contribution in [3.8, 4) is 0 Å². The molecule has 0 aromatic carbocycles. The van der Waals surface area contributed by atoms with Crippen LogP contribution in [0.2, 0.25) is 0 Å². The minimum Gasteiger partial charge on any atom is -0.374 e. The highest BCUT2D eigenvalue weighted by atomic mass is 16.5. The molecule has 0 heterocycles. The van der Waals surface area contributed by atoms with Crippen molar-refractivity contribution in [2.75, 3.05) is 13.2 Å². The van der Waals surface area contributed by atoms with E-state index in [9.17, 15) is 0 Å². The highest BCUT2D eigenvalue weighted by Crippen LogP contribution is 2.32. The molecule has 1 unspecified atom stereocenters. The Bertz CT molecular complexity index is 238. The van der Waals surface area contributed by atoms with Gasteiger partial charge in [-0.25, -0.2) is 0 Å². The van der Waals surface area contributed by atoms with Crippen LogP contribution in [0.3, 0.4) is 0 Å². The normalized spacial score (nSPS) is 26.1. The summed E-state index contributed by atoms with van der Waals surface area (Å²) in [6.07, 6.45) is 6.41. The Morgan fingerprint density at radius 2 is 1.88 bits per heavy atom. The number of nitrogens with one attached hydrogen (secondary N) is 1. The zero-order chi connectivity index (χ0) is 12.8. The fourth-order valence-corrected chi connectivity index (χ4v) is 2.40. The predicted molar refractivity (Wildman–Crippen MR) is 72.6 cm³/mol. The predicted octanol–water partition coefficient (Wildman–Crippen LogP) is 2.13. The smallest absolute Gasteiger partial charge is 0.0765 e. The Morgan fingerprint density at radius 3 is 2.35 bits per heavy atom. The van der Waals surface area contributed by atoms with Gasteiger partial charge in [-0.1, -0.05) is 26.0 Å². The van der Waals surface area contributed by atoms with Gasteiger partial charge in [-0.3, -0.25) is 0 Å². The summed E-state index contributed by atoms with van der Waals surface area (Å²) in [5, 5.41) is 3.19. The molecule has 0 spiro atoms. The minimum absolute atomic E-state index is 0.249. The first-order valence-corrected chi connectivity index (χ1v) is 6.79. The van der Waals surface area contributed by atoms with Gasteiger partial charge in [-0.2, -0.15) is 0 Å². The summed E-state index contributed by atoms with van der Waals surface area (Å²) in [5.74, 6) is 1.96. The number of nitrogens with two attached hydrogens (primary N) is 1. The quantitative estimate of drug-likeness (QED) is 0.529. The SMILES string of the molecule is CC(C)O[C@H](CNCN)[C@@H]1C=CC(C(C)C)C1. The Hall–Kier alpha value is -0.380. The van der Waals surface area contributed by atoms with E-state index in [0.717, 1.165) is 12.5 Å². The first kappa shape index (κ1) is 14.7. The van der Waals surface area contributed by atoms with Crippen LogP contribution in [0.15, 0.2) is 12.2 Å². The van der Waals surface area contributed by atoms with Crippen molar-refractivity contribution in [2.24, 2.45) is 23.5 Å². The molecule has 3 atom stereocenters. The molecule has 0 aliphatic heterocycles. The summed E-state index contributed by atoms with van der Waals surface area (Å²) < 4.78 is 6.00. The summed E-state index contributed by atoms with van der Waals surface area (Å²) in [6.45, 7) is 10.1. The number of ether oxygens (including phenoxy) is 1. The summed E-state index contributed by atoms with van der Waals surface area (Å²) in [4.78, 5) is 0.